The van der Waals surface area contributed by atoms with Crippen molar-refractivity contribution in [2.75, 3.05) is 39.8 Å². The van der Waals surface area contributed by atoms with Gasteiger partial charge in [0.15, 0.2) is 0 Å². The summed E-state index contributed by atoms with van der Waals surface area (Å²) in [6, 6.07) is 8.37. The van der Waals surface area contributed by atoms with E-state index >= 15 is 0 Å². The third kappa shape index (κ3) is 3.28. The van der Waals surface area contributed by atoms with Crippen LogP contribution in [0.1, 0.15) is 18.2 Å². The van der Waals surface area contributed by atoms with Crippen LogP contribution in [0.5, 0.6) is 0 Å². The van der Waals surface area contributed by atoms with Gasteiger partial charge in [-0.3, -0.25) is 4.90 Å². The summed E-state index contributed by atoms with van der Waals surface area (Å²) in [6.07, 6.45) is 0. The number of nitrogens with one attached hydrogen (secondary N) is 1. The molecule has 0 radical (unpaired) electrons. The molecule has 1 aromatic carbocycles. The molecule has 2 aromatic rings. The van der Waals surface area contributed by atoms with Crippen LogP contribution < -0.4 is 5.32 Å². The lowest BCUT2D eigenvalue weighted by Crippen LogP contribution is -2.43. The van der Waals surface area contributed by atoms with E-state index < -0.39 is 0 Å². The van der Waals surface area contributed by atoms with Gasteiger partial charge in [-0.25, -0.2) is 0 Å². The Morgan fingerprint density at radius 1 is 1.14 bits per heavy atom. The summed E-state index contributed by atoms with van der Waals surface area (Å²) in [6.45, 7) is 9.45. The molecule has 21 heavy (non-hydrogen) atoms. The highest BCUT2D eigenvalue weighted by molar-refractivity contribution is 5.82. The van der Waals surface area contributed by atoms with Crippen molar-refractivity contribution < 1.29 is 4.42 Å². The molecule has 4 nitrogen and oxygen atoms in total. The molecule has 0 atom stereocenters. The zero-order valence-corrected chi connectivity index (χ0v) is 13.1. The average Bonchev–Trinajstić information content (AvgIpc) is 2.85. The van der Waals surface area contributed by atoms with Crippen LogP contribution in [0.3, 0.4) is 0 Å². The van der Waals surface area contributed by atoms with Crippen molar-refractivity contribution in [2.45, 2.75) is 20.0 Å². The summed E-state index contributed by atoms with van der Waals surface area (Å²) in [5.41, 5.74) is 2.33. The maximum absolute atomic E-state index is 6.13. The zero-order valence-electron chi connectivity index (χ0n) is 13.1. The first-order chi connectivity index (χ1) is 10.3. The topological polar surface area (TPSA) is 31.6 Å². The Kier molecular flexibility index (Phi) is 4.58. The number of benzene rings is 1. The predicted octanol–water partition coefficient (Wildman–Crippen LogP) is 2.29. The minimum absolute atomic E-state index is 0.886. The molecular formula is C17H25N3O. The smallest absolute Gasteiger partial charge is 0.134 e. The first kappa shape index (κ1) is 14.6. The maximum Gasteiger partial charge on any atom is 0.134 e. The van der Waals surface area contributed by atoms with Crippen LogP contribution in [-0.4, -0.2) is 49.6 Å². The van der Waals surface area contributed by atoms with Gasteiger partial charge in [-0.1, -0.05) is 25.1 Å². The molecule has 0 unspecified atom stereocenters. The van der Waals surface area contributed by atoms with E-state index in [1.807, 2.05) is 6.07 Å². The van der Waals surface area contributed by atoms with E-state index in [2.05, 4.69) is 47.3 Å². The van der Waals surface area contributed by atoms with Crippen molar-refractivity contribution in [2.24, 2.45) is 0 Å². The second kappa shape index (κ2) is 6.60. The molecule has 1 aliphatic heterocycles. The normalized spacial score (nSPS) is 17.6. The fourth-order valence-electron chi connectivity index (χ4n) is 2.93. The average molecular weight is 287 g/mol. The maximum atomic E-state index is 6.13. The number of hydrogen-bond acceptors (Lipinski definition) is 4. The lowest BCUT2D eigenvalue weighted by Gasteiger charge is -2.31. The van der Waals surface area contributed by atoms with Crippen molar-refractivity contribution in [3.8, 4) is 0 Å². The number of likely N-dealkylation sites (N-methyl/N-ethyl adjacent to an activating group) is 1. The van der Waals surface area contributed by atoms with Crippen LogP contribution in [-0.2, 0) is 13.1 Å². The highest BCUT2D eigenvalue weighted by Crippen LogP contribution is 2.27. The van der Waals surface area contributed by atoms with E-state index in [4.69, 9.17) is 4.42 Å². The van der Waals surface area contributed by atoms with E-state index in [9.17, 15) is 0 Å². The van der Waals surface area contributed by atoms with E-state index in [1.165, 1.54) is 10.9 Å². The molecule has 114 valence electrons. The monoisotopic (exact) mass is 287 g/mol. The number of hydrogen-bond donors (Lipinski definition) is 1. The molecule has 1 fully saturated rings. The van der Waals surface area contributed by atoms with E-state index in [1.54, 1.807) is 0 Å². The van der Waals surface area contributed by atoms with Gasteiger partial charge >= 0.3 is 0 Å². The fraction of sp³-hybridized carbons (Fsp3) is 0.529. The fourth-order valence-corrected chi connectivity index (χ4v) is 2.93. The first-order valence-electron chi connectivity index (χ1n) is 7.89. The summed E-state index contributed by atoms with van der Waals surface area (Å²) >= 11 is 0. The van der Waals surface area contributed by atoms with Crippen LogP contribution in [0.25, 0.3) is 11.0 Å². The van der Waals surface area contributed by atoms with Crippen LogP contribution >= 0.6 is 0 Å². The van der Waals surface area contributed by atoms with Gasteiger partial charge in [0.1, 0.15) is 11.3 Å². The third-order valence-corrected chi connectivity index (χ3v) is 4.30. The highest BCUT2D eigenvalue weighted by atomic mass is 16.3. The quantitative estimate of drug-likeness (QED) is 0.914. The number of rotatable bonds is 5. The largest absolute Gasteiger partial charge is 0.459 e. The van der Waals surface area contributed by atoms with Crippen LogP contribution in [0.15, 0.2) is 28.7 Å². The number of piperazine rings is 1. The molecular weight excluding hydrogens is 262 g/mol. The van der Waals surface area contributed by atoms with Crippen LogP contribution in [0.4, 0.5) is 0 Å². The first-order valence-corrected chi connectivity index (χ1v) is 7.89. The van der Waals surface area contributed by atoms with Gasteiger partial charge in [0, 0.05) is 43.7 Å². The Labute approximate surface area is 126 Å². The molecule has 0 aliphatic carbocycles. The lowest BCUT2D eigenvalue weighted by atomic mass is 10.1. The Hall–Kier alpha value is -1.36. The molecule has 3 rings (SSSR count). The molecule has 1 aromatic heterocycles. The molecule has 2 heterocycles. The minimum Gasteiger partial charge on any atom is -0.459 e. The van der Waals surface area contributed by atoms with Crippen LogP contribution in [0.2, 0.25) is 0 Å². The van der Waals surface area contributed by atoms with Gasteiger partial charge in [-0.05, 0) is 19.7 Å². The molecule has 0 spiro atoms. The Bertz CT molecular complexity index is 585. The summed E-state index contributed by atoms with van der Waals surface area (Å²) in [4.78, 5) is 4.88. The van der Waals surface area contributed by atoms with E-state index in [0.717, 1.165) is 57.2 Å². The second-order valence-electron chi connectivity index (χ2n) is 5.86. The summed E-state index contributed by atoms with van der Waals surface area (Å²) in [7, 11) is 2.19. The third-order valence-electron chi connectivity index (χ3n) is 4.30. The molecule has 1 aliphatic rings. The van der Waals surface area contributed by atoms with Gasteiger partial charge in [-0.15, -0.1) is 0 Å². The van der Waals surface area contributed by atoms with E-state index in [-0.39, 0.29) is 0 Å². The van der Waals surface area contributed by atoms with Crippen molar-refractivity contribution in [1.29, 1.82) is 0 Å². The summed E-state index contributed by atoms with van der Waals surface area (Å²) in [5, 5.41) is 4.69. The Morgan fingerprint density at radius 2 is 1.90 bits per heavy atom. The Morgan fingerprint density at radius 3 is 2.67 bits per heavy atom. The minimum atomic E-state index is 0.886. The highest BCUT2D eigenvalue weighted by Gasteiger charge is 2.19. The van der Waals surface area contributed by atoms with Crippen LogP contribution in [0, 0.1) is 0 Å². The SMILES string of the molecule is CCNCc1c(CN2CCN(C)CC2)oc2ccccc12. The summed E-state index contributed by atoms with van der Waals surface area (Å²) < 4.78 is 6.13. The zero-order chi connectivity index (χ0) is 14.7. The van der Waals surface area contributed by atoms with Crippen molar-refractivity contribution in [3.05, 3.63) is 35.6 Å². The Balaban J connectivity index is 1.82. The number of para-hydroxylation sites is 1. The van der Waals surface area contributed by atoms with Gasteiger partial charge in [-0.2, -0.15) is 0 Å². The number of fused-ring (bicyclic) bond motifs is 1. The number of furan rings is 1. The molecule has 0 bridgehead atoms. The van der Waals surface area contributed by atoms with Crippen molar-refractivity contribution in [3.63, 3.8) is 0 Å². The van der Waals surface area contributed by atoms with Crippen molar-refractivity contribution >= 4 is 11.0 Å². The van der Waals surface area contributed by atoms with Gasteiger partial charge < -0.3 is 14.6 Å². The standard InChI is InChI=1S/C17H25N3O/c1-3-18-12-15-14-6-4-5-7-16(14)21-17(15)13-20-10-8-19(2)9-11-20/h4-7,18H,3,8-13H2,1-2H3. The van der Waals surface area contributed by atoms with Crippen molar-refractivity contribution in [1.82, 2.24) is 15.1 Å². The van der Waals surface area contributed by atoms with Gasteiger partial charge in [0.25, 0.3) is 0 Å². The van der Waals surface area contributed by atoms with E-state index in [0.29, 0.717) is 0 Å². The second-order valence-corrected chi connectivity index (χ2v) is 5.86. The molecule has 0 amide bonds. The van der Waals surface area contributed by atoms with Gasteiger partial charge in [0.05, 0.1) is 6.54 Å². The molecule has 1 saturated heterocycles. The predicted molar refractivity (Wildman–Crippen MR) is 86.4 cm³/mol. The molecule has 1 N–H and O–H groups in total. The molecule has 4 heteroatoms. The summed E-state index contributed by atoms with van der Waals surface area (Å²) in [5.74, 6) is 1.13. The van der Waals surface area contributed by atoms with Gasteiger partial charge in [0.2, 0.25) is 0 Å². The molecule has 0 saturated carbocycles. The lowest BCUT2D eigenvalue weighted by molar-refractivity contribution is 0.140. The number of nitrogens with zero attached hydrogens (tertiary/aromatic N) is 2.